The van der Waals surface area contributed by atoms with E-state index in [9.17, 15) is 4.79 Å². The molecule has 134 valence electrons. The van der Waals surface area contributed by atoms with Crippen LogP contribution in [0.1, 0.15) is 36.7 Å². The minimum atomic E-state index is -0.0493. The van der Waals surface area contributed by atoms with Crippen molar-refractivity contribution >= 4 is 11.6 Å². The van der Waals surface area contributed by atoms with Crippen molar-refractivity contribution in [1.82, 2.24) is 15.1 Å². The summed E-state index contributed by atoms with van der Waals surface area (Å²) in [5, 5.41) is 7.26. The molecule has 1 aliphatic rings. The zero-order valence-corrected chi connectivity index (χ0v) is 15.1. The molecule has 6 nitrogen and oxygen atoms in total. The molecule has 1 atom stereocenters. The fourth-order valence-electron chi connectivity index (χ4n) is 3.12. The predicted octanol–water partition coefficient (Wildman–Crippen LogP) is 2.73. The van der Waals surface area contributed by atoms with Crippen LogP contribution in [-0.2, 0) is 0 Å². The molecule has 1 saturated heterocycles. The molecule has 0 aliphatic carbocycles. The summed E-state index contributed by atoms with van der Waals surface area (Å²) in [7, 11) is 1.68. The van der Waals surface area contributed by atoms with Gasteiger partial charge < -0.3 is 15.0 Å². The van der Waals surface area contributed by atoms with E-state index in [0.29, 0.717) is 18.0 Å². The highest BCUT2D eigenvalue weighted by molar-refractivity contribution is 5.93. The van der Waals surface area contributed by atoms with Crippen molar-refractivity contribution in [3.05, 3.63) is 42.2 Å². The zero-order chi connectivity index (χ0) is 17.8. The maximum atomic E-state index is 12.3. The van der Waals surface area contributed by atoms with Gasteiger partial charge in [0.2, 0.25) is 0 Å². The number of nitrogens with one attached hydrogen (secondary N) is 1. The van der Waals surface area contributed by atoms with Gasteiger partial charge in [0.25, 0.3) is 5.91 Å². The first-order chi connectivity index (χ1) is 12.1. The third kappa shape index (κ3) is 4.13. The first kappa shape index (κ1) is 17.3. The zero-order valence-electron chi connectivity index (χ0n) is 15.1. The summed E-state index contributed by atoms with van der Waals surface area (Å²) in [6, 6.07) is 8.38. The Hall–Kier alpha value is -2.50. The fraction of sp³-hybridized carbons (Fsp3) is 0.474. The number of nitrogens with zero attached hydrogens (tertiary/aromatic N) is 3. The second-order valence-corrected chi connectivity index (χ2v) is 6.81. The van der Waals surface area contributed by atoms with Gasteiger partial charge in [-0.15, -0.1) is 0 Å². The van der Waals surface area contributed by atoms with Gasteiger partial charge in [-0.05, 0) is 38.3 Å². The van der Waals surface area contributed by atoms with Crippen LogP contribution in [0.25, 0.3) is 0 Å². The molecule has 2 heterocycles. The second kappa shape index (κ2) is 7.59. The van der Waals surface area contributed by atoms with Crippen molar-refractivity contribution in [1.29, 1.82) is 0 Å². The maximum Gasteiger partial charge on any atom is 0.254 e. The molecule has 1 N–H and O–H groups in total. The molecular formula is C19H26N4O2. The van der Waals surface area contributed by atoms with E-state index in [1.807, 2.05) is 26.0 Å². The van der Waals surface area contributed by atoms with Crippen LogP contribution in [-0.4, -0.2) is 42.4 Å². The Morgan fingerprint density at radius 1 is 1.44 bits per heavy atom. The van der Waals surface area contributed by atoms with Crippen LogP contribution in [0.3, 0.4) is 0 Å². The van der Waals surface area contributed by atoms with E-state index in [-0.39, 0.29) is 11.9 Å². The first-order valence-corrected chi connectivity index (χ1v) is 8.78. The normalized spacial score (nSPS) is 17.1. The van der Waals surface area contributed by atoms with Gasteiger partial charge in [0.15, 0.2) is 0 Å². The van der Waals surface area contributed by atoms with Crippen molar-refractivity contribution in [2.75, 3.05) is 31.6 Å². The molecule has 25 heavy (non-hydrogen) atoms. The van der Waals surface area contributed by atoms with Crippen molar-refractivity contribution in [2.45, 2.75) is 26.3 Å². The SMILES string of the molecule is COc1cccc(N2CC[C@@H](CNC(=O)c3cnn(C(C)C)c3)C2)c1. The topological polar surface area (TPSA) is 59.4 Å². The van der Waals surface area contributed by atoms with Gasteiger partial charge in [-0.1, -0.05) is 6.07 Å². The highest BCUT2D eigenvalue weighted by atomic mass is 16.5. The van der Waals surface area contributed by atoms with Crippen LogP contribution in [0, 0.1) is 5.92 Å². The largest absolute Gasteiger partial charge is 0.497 e. The third-order valence-electron chi connectivity index (χ3n) is 4.65. The van der Waals surface area contributed by atoms with E-state index >= 15 is 0 Å². The molecule has 2 aromatic rings. The van der Waals surface area contributed by atoms with E-state index in [2.05, 4.69) is 27.4 Å². The summed E-state index contributed by atoms with van der Waals surface area (Å²) in [6.07, 6.45) is 4.51. The molecule has 0 saturated carbocycles. The molecule has 0 bridgehead atoms. The van der Waals surface area contributed by atoms with Crippen LogP contribution in [0.5, 0.6) is 5.75 Å². The van der Waals surface area contributed by atoms with E-state index in [4.69, 9.17) is 4.74 Å². The number of amides is 1. The molecule has 0 unspecified atom stereocenters. The van der Waals surface area contributed by atoms with E-state index in [1.54, 1.807) is 24.2 Å². The summed E-state index contributed by atoms with van der Waals surface area (Å²) in [6.45, 7) is 6.71. The molecule has 1 aliphatic heterocycles. The first-order valence-electron chi connectivity index (χ1n) is 8.78. The predicted molar refractivity (Wildman–Crippen MR) is 98.3 cm³/mol. The Morgan fingerprint density at radius 3 is 3.00 bits per heavy atom. The molecule has 3 rings (SSSR count). The highest BCUT2D eigenvalue weighted by Crippen LogP contribution is 2.26. The summed E-state index contributed by atoms with van der Waals surface area (Å²) >= 11 is 0. The van der Waals surface area contributed by atoms with Crippen LogP contribution < -0.4 is 15.0 Å². The summed E-state index contributed by atoms with van der Waals surface area (Å²) < 4.78 is 7.10. The lowest BCUT2D eigenvalue weighted by atomic mass is 10.1. The average Bonchev–Trinajstić information content (AvgIpc) is 3.29. The smallest absolute Gasteiger partial charge is 0.254 e. The molecule has 1 fully saturated rings. The maximum absolute atomic E-state index is 12.3. The monoisotopic (exact) mass is 342 g/mol. The lowest BCUT2D eigenvalue weighted by Crippen LogP contribution is -2.30. The van der Waals surface area contributed by atoms with Crippen molar-refractivity contribution in [3.63, 3.8) is 0 Å². The molecular weight excluding hydrogens is 316 g/mol. The van der Waals surface area contributed by atoms with Crippen molar-refractivity contribution in [2.24, 2.45) is 5.92 Å². The van der Waals surface area contributed by atoms with Crippen LogP contribution in [0.4, 0.5) is 5.69 Å². The van der Waals surface area contributed by atoms with Gasteiger partial charge in [0.05, 0.1) is 18.9 Å². The number of ether oxygens (including phenoxy) is 1. The minimum Gasteiger partial charge on any atom is -0.497 e. The third-order valence-corrected chi connectivity index (χ3v) is 4.65. The number of carbonyl (C=O) groups is 1. The highest BCUT2D eigenvalue weighted by Gasteiger charge is 2.23. The van der Waals surface area contributed by atoms with E-state index in [1.165, 1.54) is 5.69 Å². The lowest BCUT2D eigenvalue weighted by Gasteiger charge is -2.19. The Balaban J connectivity index is 1.51. The molecule has 1 amide bonds. The summed E-state index contributed by atoms with van der Waals surface area (Å²) in [5.74, 6) is 1.28. The number of aromatic nitrogens is 2. The van der Waals surface area contributed by atoms with E-state index in [0.717, 1.165) is 25.3 Å². The molecule has 1 aromatic heterocycles. The standard InChI is InChI=1S/C19H26N4O2/c1-14(2)23-13-16(11-21-23)19(24)20-10-15-7-8-22(12-15)17-5-4-6-18(9-17)25-3/h4-6,9,11,13-15H,7-8,10,12H2,1-3H3,(H,20,24)/t15-/m0/s1. The molecule has 0 radical (unpaired) electrons. The number of hydrogen-bond acceptors (Lipinski definition) is 4. The Morgan fingerprint density at radius 2 is 2.28 bits per heavy atom. The van der Waals surface area contributed by atoms with Gasteiger partial charge >= 0.3 is 0 Å². The van der Waals surface area contributed by atoms with Gasteiger partial charge in [-0.25, -0.2) is 0 Å². The number of methoxy groups -OCH3 is 1. The van der Waals surface area contributed by atoms with Crippen LogP contribution in [0.15, 0.2) is 36.7 Å². The fourth-order valence-corrected chi connectivity index (χ4v) is 3.12. The Kier molecular flexibility index (Phi) is 5.26. The Labute approximate surface area is 148 Å². The van der Waals surface area contributed by atoms with Crippen molar-refractivity contribution in [3.8, 4) is 5.75 Å². The molecule has 1 aromatic carbocycles. The van der Waals surface area contributed by atoms with Crippen LogP contribution >= 0.6 is 0 Å². The number of carbonyl (C=O) groups excluding carboxylic acids is 1. The average molecular weight is 342 g/mol. The van der Waals surface area contributed by atoms with E-state index < -0.39 is 0 Å². The quantitative estimate of drug-likeness (QED) is 0.877. The van der Waals surface area contributed by atoms with Gasteiger partial charge in [-0.2, -0.15) is 5.10 Å². The van der Waals surface area contributed by atoms with Gasteiger partial charge in [-0.3, -0.25) is 9.48 Å². The molecule has 6 heteroatoms. The summed E-state index contributed by atoms with van der Waals surface area (Å²) in [5.41, 5.74) is 1.79. The second-order valence-electron chi connectivity index (χ2n) is 6.81. The van der Waals surface area contributed by atoms with Crippen LogP contribution in [0.2, 0.25) is 0 Å². The minimum absolute atomic E-state index is 0.0493. The lowest BCUT2D eigenvalue weighted by molar-refractivity contribution is 0.0948. The van der Waals surface area contributed by atoms with Gasteiger partial charge in [0, 0.05) is 43.6 Å². The number of rotatable bonds is 6. The number of hydrogen-bond donors (Lipinski definition) is 1. The Bertz CT molecular complexity index is 726. The van der Waals surface area contributed by atoms with Crippen molar-refractivity contribution < 1.29 is 9.53 Å². The number of benzene rings is 1. The summed E-state index contributed by atoms with van der Waals surface area (Å²) in [4.78, 5) is 14.6. The molecule has 0 spiro atoms. The van der Waals surface area contributed by atoms with Gasteiger partial charge in [0.1, 0.15) is 5.75 Å². The number of anilines is 1.